The third-order valence-corrected chi connectivity index (χ3v) is 13.7. The van der Waals surface area contributed by atoms with E-state index in [1.54, 1.807) is 0 Å². The summed E-state index contributed by atoms with van der Waals surface area (Å²) < 4.78 is 0. The van der Waals surface area contributed by atoms with E-state index in [9.17, 15) is 20.4 Å². The normalized spacial score (nSPS) is 58.9. The van der Waals surface area contributed by atoms with Gasteiger partial charge in [0.1, 0.15) is 0 Å². The van der Waals surface area contributed by atoms with Crippen LogP contribution in [0.2, 0.25) is 0 Å². The molecule has 0 radical (unpaired) electrons. The molecule has 0 unspecified atom stereocenters. The third-order valence-electron chi connectivity index (χ3n) is 13.7. The van der Waals surface area contributed by atoms with Crippen LogP contribution in [0.1, 0.15) is 107 Å². The lowest BCUT2D eigenvalue weighted by Gasteiger charge is -2.74. The Morgan fingerprint density at radius 3 is 1.74 bits per heavy atom. The first-order valence-corrected chi connectivity index (χ1v) is 14.2. The highest BCUT2D eigenvalue weighted by atomic mass is 16.3. The van der Waals surface area contributed by atoms with Crippen molar-refractivity contribution in [3.63, 3.8) is 0 Å². The molecule has 0 aromatic carbocycles. The van der Waals surface area contributed by atoms with Crippen molar-refractivity contribution in [2.75, 3.05) is 0 Å². The van der Waals surface area contributed by atoms with Crippen LogP contribution in [0.25, 0.3) is 0 Å². The molecule has 0 bridgehead atoms. The van der Waals surface area contributed by atoms with Crippen LogP contribution in [0, 0.1) is 56.7 Å². The molecule has 0 amide bonds. The zero-order valence-corrected chi connectivity index (χ0v) is 23.1. The third kappa shape index (κ3) is 2.92. The maximum Gasteiger partial charge on any atom is 0.0623 e. The van der Waals surface area contributed by atoms with Gasteiger partial charge >= 0.3 is 0 Å². The quantitative estimate of drug-likeness (QED) is 0.421. The first-order valence-electron chi connectivity index (χ1n) is 14.2. The van der Waals surface area contributed by atoms with E-state index in [4.69, 9.17) is 0 Å². The average Bonchev–Trinajstić information content (AvgIpc) is 3.05. The maximum atomic E-state index is 11.8. The van der Waals surface area contributed by atoms with Crippen molar-refractivity contribution >= 4 is 0 Å². The standard InChI is InChI=1S/C30H52O4/c1-25(2)22(33)12-14-28(6)21-10-9-20-27(5)13-11-17(26(3,4)34)23(27)18(31)15-29(20,7)30(21,8)16-19(32)24(25)28/h17-24,31-34H,9-16H2,1-8H3/t17-,18-,19-,20+,21-,22-,23-,24-,27+,28+,29+,30+/m0/s1. The van der Waals surface area contributed by atoms with Crippen molar-refractivity contribution in [3.8, 4) is 0 Å². The van der Waals surface area contributed by atoms with E-state index in [1.165, 1.54) is 12.8 Å². The lowest BCUT2D eigenvalue weighted by molar-refractivity contribution is -0.289. The predicted octanol–water partition coefficient (Wildman–Crippen LogP) is 5.16. The Morgan fingerprint density at radius 1 is 0.676 bits per heavy atom. The van der Waals surface area contributed by atoms with Gasteiger partial charge < -0.3 is 20.4 Å². The van der Waals surface area contributed by atoms with Gasteiger partial charge in [0.2, 0.25) is 0 Å². The Balaban J connectivity index is 1.57. The topological polar surface area (TPSA) is 80.9 Å². The largest absolute Gasteiger partial charge is 0.393 e. The summed E-state index contributed by atoms with van der Waals surface area (Å²) in [7, 11) is 0. The molecule has 5 saturated carbocycles. The van der Waals surface area contributed by atoms with E-state index in [-0.39, 0.29) is 50.9 Å². The zero-order chi connectivity index (χ0) is 25.3. The second-order valence-corrected chi connectivity index (χ2v) is 15.8. The van der Waals surface area contributed by atoms with Crippen LogP contribution in [-0.2, 0) is 0 Å². The smallest absolute Gasteiger partial charge is 0.0623 e. The monoisotopic (exact) mass is 476 g/mol. The van der Waals surface area contributed by atoms with Crippen molar-refractivity contribution in [1.29, 1.82) is 0 Å². The Bertz CT molecular complexity index is 832. The van der Waals surface area contributed by atoms with Gasteiger partial charge in [-0.3, -0.25) is 0 Å². The molecular formula is C30H52O4. The van der Waals surface area contributed by atoms with E-state index < -0.39 is 17.8 Å². The van der Waals surface area contributed by atoms with Gasteiger partial charge in [0, 0.05) is 0 Å². The van der Waals surface area contributed by atoms with Crippen molar-refractivity contribution < 1.29 is 20.4 Å². The second kappa shape index (κ2) is 7.23. The van der Waals surface area contributed by atoms with Crippen molar-refractivity contribution in [2.24, 2.45) is 56.7 Å². The lowest BCUT2D eigenvalue weighted by Crippen LogP contribution is -2.71. The molecule has 196 valence electrons. The summed E-state index contributed by atoms with van der Waals surface area (Å²) in [6.45, 7) is 17.9. The number of hydrogen-bond acceptors (Lipinski definition) is 4. The maximum absolute atomic E-state index is 11.8. The van der Waals surface area contributed by atoms with Gasteiger partial charge in [-0.05, 0) is 122 Å². The first-order chi connectivity index (χ1) is 15.4. The van der Waals surface area contributed by atoms with Gasteiger partial charge in [0.25, 0.3) is 0 Å². The minimum atomic E-state index is -0.769. The molecule has 0 aliphatic heterocycles. The Labute approximate surface area is 207 Å². The molecule has 0 heterocycles. The molecule has 0 aromatic heterocycles. The number of aliphatic hydroxyl groups excluding tert-OH is 3. The molecule has 0 aromatic rings. The zero-order valence-electron chi connectivity index (χ0n) is 23.1. The highest BCUT2D eigenvalue weighted by Crippen LogP contribution is 2.78. The van der Waals surface area contributed by atoms with E-state index in [0.29, 0.717) is 11.8 Å². The van der Waals surface area contributed by atoms with Crippen LogP contribution in [0.3, 0.4) is 0 Å². The van der Waals surface area contributed by atoms with E-state index in [1.807, 2.05) is 13.8 Å². The summed E-state index contributed by atoms with van der Waals surface area (Å²) >= 11 is 0. The summed E-state index contributed by atoms with van der Waals surface area (Å²) in [5.41, 5.74) is -1.15. The Morgan fingerprint density at radius 2 is 1.18 bits per heavy atom. The van der Waals surface area contributed by atoms with Crippen LogP contribution in [-0.4, -0.2) is 44.3 Å². The number of rotatable bonds is 1. The molecule has 4 N–H and O–H groups in total. The molecule has 5 aliphatic rings. The van der Waals surface area contributed by atoms with Crippen LogP contribution < -0.4 is 0 Å². The molecule has 5 rings (SSSR count). The van der Waals surface area contributed by atoms with E-state index in [2.05, 4.69) is 41.5 Å². The molecule has 34 heavy (non-hydrogen) atoms. The van der Waals surface area contributed by atoms with Gasteiger partial charge in [-0.25, -0.2) is 0 Å². The summed E-state index contributed by atoms with van der Waals surface area (Å²) in [5, 5.41) is 45.4. The molecule has 5 fully saturated rings. The van der Waals surface area contributed by atoms with Crippen molar-refractivity contribution in [2.45, 2.75) is 131 Å². The fraction of sp³-hybridized carbons (Fsp3) is 1.00. The molecule has 0 spiro atoms. The minimum Gasteiger partial charge on any atom is -0.393 e. The molecule has 4 heteroatoms. The fourth-order valence-corrected chi connectivity index (χ4v) is 12.3. The Kier molecular flexibility index (Phi) is 5.42. The molecule has 4 nitrogen and oxygen atoms in total. The average molecular weight is 477 g/mol. The Hall–Kier alpha value is -0.160. The molecule has 0 saturated heterocycles. The molecule has 12 atom stereocenters. The van der Waals surface area contributed by atoms with Crippen molar-refractivity contribution in [1.82, 2.24) is 0 Å². The van der Waals surface area contributed by atoms with Gasteiger partial charge in [-0.2, -0.15) is 0 Å². The summed E-state index contributed by atoms with van der Waals surface area (Å²) in [6.07, 6.45) is 6.55. The number of hydrogen-bond donors (Lipinski definition) is 4. The van der Waals surface area contributed by atoms with Crippen molar-refractivity contribution in [3.05, 3.63) is 0 Å². The summed E-state index contributed by atoms with van der Waals surface area (Å²) in [5.74, 6) is 1.37. The second-order valence-electron chi connectivity index (χ2n) is 15.8. The summed E-state index contributed by atoms with van der Waals surface area (Å²) in [6, 6.07) is 0. The number of fused-ring (bicyclic) bond motifs is 7. The summed E-state index contributed by atoms with van der Waals surface area (Å²) in [4.78, 5) is 0. The number of aliphatic hydroxyl groups is 4. The van der Waals surface area contributed by atoms with E-state index >= 15 is 0 Å². The highest BCUT2D eigenvalue weighted by molar-refractivity contribution is 5.22. The minimum absolute atomic E-state index is 0.00284. The van der Waals surface area contributed by atoms with E-state index in [0.717, 1.165) is 38.5 Å². The molecule has 5 aliphatic carbocycles. The van der Waals surface area contributed by atoms with Crippen LogP contribution in [0.5, 0.6) is 0 Å². The highest BCUT2D eigenvalue weighted by Gasteiger charge is 2.74. The van der Waals surface area contributed by atoms with Crippen LogP contribution >= 0.6 is 0 Å². The van der Waals surface area contributed by atoms with Crippen LogP contribution in [0.15, 0.2) is 0 Å². The SMILES string of the molecule is CC(C)(O)[C@H]1CC[C@@]2(C)[C@@H]1[C@@H](O)C[C@]1(C)[C@@H]2CC[C@H]2[C@@]3(C)CC[C@H](O)C(C)(C)[C@@H]3[C@@H](O)C[C@]21C. The first kappa shape index (κ1) is 25.5. The predicted molar refractivity (Wildman–Crippen MR) is 135 cm³/mol. The van der Waals surface area contributed by atoms with Gasteiger partial charge in [-0.1, -0.05) is 41.5 Å². The lowest BCUT2D eigenvalue weighted by atomic mass is 9.31. The molecular weight excluding hydrogens is 424 g/mol. The van der Waals surface area contributed by atoms with Gasteiger partial charge in [0.05, 0.1) is 23.9 Å². The fourth-order valence-electron chi connectivity index (χ4n) is 12.3. The van der Waals surface area contributed by atoms with Crippen LogP contribution in [0.4, 0.5) is 0 Å². The van der Waals surface area contributed by atoms with Gasteiger partial charge in [-0.15, -0.1) is 0 Å². The van der Waals surface area contributed by atoms with Gasteiger partial charge in [0.15, 0.2) is 0 Å².